The zero-order valence-corrected chi connectivity index (χ0v) is 29.0. The molecule has 0 radical (unpaired) electrons. The number of imide groups is 2. The number of thiophene rings is 1. The first-order chi connectivity index (χ1) is 25.4. The van der Waals surface area contributed by atoms with E-state index in [1.54, 1.807) is 35.7 Å². The number of carbonyl (C=O) groups excluding carboxylic acids is 4. The van der Waals surface area contributed by atoms with E-state index in [-0.39, 0.29) is 24.0 Å². The van der Waals surface area contributed by atoms with Crippen molar-refractivity contribution in [1.29, 1.82) is 0 Å². The molecule has 0 bridgehead atoms. The number of amides is 4. The number of ether oxygens (including phenoxy) is 1. The van der Waals surface area contributed by atoms with E-state index in [0.717, 1.165) is 49.5 Å². The molecule has 1 fully saturated rings. The largest absolute Gasteiger partial charge is 0.369 e. The van der Waals surface area contributed by atoms with Gasteiger partial charge in [0, 0.05) is 36.7 Å². The Morgan fingerprint density at radius 1 is 0.981 bits per heavy atom. The lowest BCUT2D eigenvalue weighted by Gasteiger charge is -2.27. The fourth-order valence-corrected chi connectivity index (χ4v) is 7.95. The summed E-state index contributed by atoms with van der Waals surface area (Å²) in [6, 6.07) is 14.2. The first-order valence-corrected chi connectivity index (χ1v) is 17.7. The maximum Gasteiger partial charge on any atom is 0.263 e. The predicted octanol–water partition coefficient (Wildman–Crippen LogP) is 4.09. The Bertz CT molecular complexity index is 2400. The molecule has 2 aromatic carbocycles. The van der Waals surface area contributed by atoms with E-state index in [1.807, 2.05) is 36.0 Å². The van der Waals surface area contributed by atoms with E-state index in [9.17, 15) is 19.2 Å². The summed E-state index contributed by atoms with van der Waals surface area (Å²) in [6.07, 6.45) is 5.79. The first kappa shape index (κ1) is 33.0. The Labute approximate surface area is 302 Å². The third-order valence-corrected chi connectivity index (χ3v) is 10.4. The molecule has 3 aromatic heterocycles. The van der Waals surface area contributed by atoms with Gasteiger partial charge < -0.3 is 4.74 Å². The van der Waals surface area contributed by atoms with Crippen LogP contribution in [0.1, 0.15) is 90.7 Å². The number of fused-ring (bicyclic) bond motifs is 4. The minimum absolute atomic E-state index is 0.0636. The third kappa shape index (κ3) is 6.21. The number of nitrogens with one attached hydrogen (secondary N) is 1. The molecule has 0 spiro atoms. The van der Waals surface area contributed by atoms with E-state index >= 15 is 0 Å². The van der Waals surface area contributed by atoms with Crippen molar-refractivity contribution in [1.82, 2.24) is 34.8 Å². The van der Waals surface area contributed by atoms with Crippen molar-refractivity contribution in [2.75, 3.05) is 0 Å². The lowest BCUT2D eigenvalue weighted by Crippen LogP contribution is -2.54. The Morgan fingerprint density at radius 2 is 1.85 bits per heavy atom. The van der Waals surface area contributed by atoms with Gasteiger partial charge >= 0.3 is 0 Å². The topological polar surface area (TPSA) is 141 Å². The van der Waals surface area contributed by atoms with Gasteiger partial charge in [0.2, 0.25) is 11.8 Å². The number of aromatic nitrogens is 5. The standard InChI is InChI=1S/C39H31N7O5S/c1-24-42-43-33-23-51-22-30-29(19-25-9-4-2-5-10-25)32(52-39(30)45(24)33)16-14-26-20-40-44(21-26)18-7-3-6-11-27-12-8-13-28-35(27)38(50)46(37(28)49)31-15-17-34(47)41-36(31)48/h2,4-5,8-10,12-13,20-21,31H,3,7,15,17-19,22-23H2,1H3,(H,41,47,48). The second-order valence-corrected chi connectivity index (χ2v) is 13.7. The zero-order chi connectivity index (χ0) is 35.8. The van der Waals surface area contributed by atoms with Gasteiger partial charge in [-0.15, -0.1) is 21.5 Å². The summed E-state index contributed by atoms with van der Waals surface area (Å²) in [5.74, 6) is 12.3. The van der Waals surface area contributed by atoms with Crippen LogP contribution in [-0.2, 0) is 40.5 Å². The van der Waals surface area contributed by atoms with Gasteiger partial charge in [0.1, 0.15) is 23.5 Å². The lowest BCUT2D eigenvalue weighted by molar-refractivity contribution is -0.136. The number of hydrogen-bond acceptors (Lipinski definition) is 9. The highest BCUT2D eigenvalue weighted by atomic mass is 32.1. The van der Waals surface area contributed by atoms with Gasteiger partial charge in [0.05, 0.1) is 34.4 Å². The first-order valence-electron chi connectivity index (χ1n) is 16.9. The molecule has 1 unspecified atom stereocenters. The normalized spacial score (nSPS) is 16.2. The van der Waals surface area contributed by atoms with Crippen molar-refractivity contribution in [3.05, 3.63) is 116 Å². The van der Waals surface area contributed by atoms with Gasteiger partial charge in [0.25, 0.3) is 11.8 Å². The van der Waals surface area contributed by atoms with E-state index in [0.29, 0.717) is 38.2 Å². The molecule has 12 nitrogen and oxygen atoms in total. The number of benzene rings is 2. The smallest absolute Gasteiger partial charge is 0.263 e. The van der Waals surface area contributed by atoms with Crippen molar-refractivity contribution in [2.24, 2.45) is 0 Å². The minimum Gasteiger partial charge on any atom is -0.369 e. The number of hydrogen-bond donors (Lipinski definition) is 1. The highest BCUT2D eigenvalue weighted by molar-refractivity contribution is 7.15. The summed E-state index contributed by atoms with van der Waals surface area (Å²) in [5, 5.41) is 16.4. The maximum atomic E-state index is 13.3. The quantitative estimate of drug-likeness (QED) is 0.158. The second kappa shape index (κ2) is 13.9. The van der Waals surface area contributed by atoms with Crippen LogP contribution in [0.2, 0.25) is 0 Å². The Balaban J connectivity index is 0.951. The van der Waals surface area contributed by atoms with Gasteiger partial charge in [-0.1, -0.05) is 60.1 Å². The van der Waals surface area contributed by atoms with Crippen molar-refractivity contribution in [3.8, 4) is 28.7 Å². The highest BCUT2D eigenvalue weighted by Crippen LogP contribution is 2.37. The molecule has 4 amide bonds. The summed E-state index contributed by atoms with van der Waals surface area (Å²) in [4.78, 5) is 52.4. The van der Waals surface area contributed by atoms with Gasteiger partial charge in [-0.25, -0.2) is 0 Å². The highest BCUT2D eigenvalue weighted by Gasteiger charge is 2.45. The third-order valence-electron chi connectivity index (χ3n) is 9.23. The average Bonchev–Trinajstić information content (AvgIpc) is 3.87. The summed E-state index contributed by atoms with van der Waals surface area (Å²) in [6.45, 7) is 3.44. The predicted molar refractivity (Wildman–Crippen MR) is 189 cm³/mol. The van der Waals surface area contributed by atoms with Gasteiger partial charge in [0.15, 0.2) is 5.82 Å². The fourth-order valence-electron chi connectivity index (χ4n) is 6.70. The van der Waals surface area contributed by atoms with E-state index < -0.39 is 29.7 Å². The van der Waals surface area contributed by atoms with Crippen molar-refractivity contribution in [2.45, 2.75) is 64.8 Å². The molecule has 13 heteroatoms. The summed E-state index contributed by atoms with van der Waals surface area (Å²) in [5.41, 5.74) is 5.08. The monoisotopic (exact) mass is 709 g/mol. The molecular formula is C39H31N7O5S. The van der Waals surface area contributed by atoms with E-state index in [2.05, 4.69) is 61.0 Å². The number of carbonyl (C=O) groups is 4. The second-order valence-electron chi connectivity index (χ2n) is 12.7. The Hall–Kier alpha value is -6.15. The summed E-state index contributed by atoms with van der Waals surface area (Å²) in [7, 11) is 0. The molecule has 1 N–H and O–H groups in total. The number of aryl methyl sites for hydroxylation is 2. The lowest BCUT2D eigenvalue weighted by atomic mass is 10.0. The van der Waals surface area contributed by atoms with Crippen LogP contribution < -0.4 is 5.32 Å². The van der Waals surface area contributed by atoms with Crippen molar-refractivity contribution < 1.29 is 23.9 Å². The molecule has 3 aliphatic heterocycles. The molecule has 52 heavy (non-hydrogen) atoms. The molecule has 1 saturated heterocycles. The van der Waals surface area contributed by atoms with Crippen LogP contribution >= 0.6 is 11.3 Å². The molecule has 8 rings (SSSR count). The van der Waals surface area contributed by atoms with E-state index in [1.165, 1.54) is 5.56 Å². The summed E-state index contributed by atoms with van der Waals surface area (Å²) < 4.78 is 9.93. The fraction of sp³-hybridized carbons (Fsp3) is 0.256. The van der Waals surface area contributed by atoms with Gasteiger partial charge in [-0.05, 0) is 49.4 Å². The van der Waals surface area contributed by atoms with Crippen LogP contribution in [0.25, 0.3) is 5.00 Å². The van der Waals surface area contributed by atoms with Gasteiger partial charge in [-0.3, -0.25) is 38.6 Å². The van der Waals surface area contributed by atoms with Crippen molar-refractivity contribution >= 4 is 35.0 Å². The van der Waals surface area contributed by atoms with Crippen molar-refractivity contribution in [3.63, 3.8) is 0 Å². The average molecular weight is 710 g/mol. The van der Waals surface area contributed by atoms with Crippen LogP contribution in [-0.4, -0.2) is 59.1 Å². The molecule has 258 valence electrons. The summed E-state index contributed by atoms with van der Waals surface area (Å²) >= 11 is 1.63. The SMILES string of the molecule is Cc1nnc2n1-c1sc(C#Cc3cnn(CCCC#Cc4cccc5c4C(=O)N(C4CCC(=O)NC4=O)C5=O)c3)c(Cc3ccccc3)c1COC2. The molecule has 3 aliphatic rings. The van der Waals surface area contributed by atoms with E-state index in [4.69, 9.17) is 4.74 Å². The molecule has 0 aliphatic carbocycles. The number of rotatable bonds is 6. The Morgan fingerprint density at radius 3 is 2.69 bits per heavy atom. The van der Waals surface area contributed by atoms with Crippen LogP contribution in [0.4, 0.5) is 0 Å². The minimum atomic E-state index is -1.02. The number of unbranched alkanes of at least 4 members (excludes halogenated alkanes) is 1. The van der Waals surface area contributed by atoms with Crippen LogP contribution in [0, 0.1) is 30.6 Å². The molecule has 6 heterocycles. The zero-order valence-electron chi connectivity index (χ0n) is 28.1. The number of nitrogens with zero attached hydrogens (tertiary/aromatic N) is 6. The van der Waals surface area contributed by atoms with Crippen LogP contribution in [0.3, 0.4) is 0 Å². The van der Waals surface area contributed by atoms with Crippen LogP contribution in [0.5, 0.6) is 0 Å². The molecular weight excluding hydrogens is 679 g/mol. The molecule has 5 aromatic rings. The maximum absolute atomic E-state index is 13.3. The van der Waals surface area contributed by atoms with Gasteiger partial charge in [-0.2, -0.15) is 5.10 Å². The molecule has 0 saturated carbocycles. The van der Waals surface area contributed by atoms with Crippen LogP contribution in [0.15, 0.2) is 60.9 Å². The molecule has 1 atom stereocenters. The Kier molecular flexibility index (Phi) is 8.81. The number of piperidine rings is 1.